The molecule has 0 spiro atoms. The number of H-pyrrole nitrogens is 1. The van der Waals surface area contributed by atoms with Crippen LogP contribution in [-0.2, 0) is 4.79 Å². The molecule has 3 rings (SSSR count). The third-order valence-corrected chi connectivity index (χ3v) is 5.12. The Kier molecular flexibility index (Phi) is 5.40. The van der Waals surface area contributed by atoms with Gasteiger partial charge in [0.2, 0.25) is 5.91 Å². The van der Waals surface area contributed by atoms with Gasteiger partial charge in [0.15, 0.2) is 5.16 Å². The summed E-state index contributed by atoms with van der Waals surface area (Å²) in [6.07, 6.45) is 0. The maximum absolute atomic E-state index is 12.2. The van der Waals surface area contributed by atoms with Gasteiger partial charge in [-0.2, -0.15) is 0 Å². The van der Waals surface area contributed by atoms with E-state index in [-0.39, 0.29) is 17.2 Å². The van der Waals surface area contributed by atoms with Gasteiger partial charge in [0.05, 0.1) is 23.4 Å². The quantitative estimate of drug-likeness (QED) is 0.509. The zero-order chi connectivity index (χ0) is 17.8. The number of thiophene rings is 1. The molecular formula is C17H17N3O3S2. The van der Waals surface area contributed by atoms with E-state index in [0.29, 0.717) is 33.4 Å². The summed E-state index contributed by atoms with van der Waals surface area (Å²) >= 11 is 2.66. The normalized spacial score (nSPS) is 10.8. The Morgan fingerprint density at radius 2 is 2.20 bits per heavy atom. The van der Waals surface area contributed by atoms with E-state index in [1.54, 1.807) is 12.1 Å². The molecule has 0 radical (unpaired) electrons. The van der Waals surface area contributed by atoms with Crippen molar-refractivity contribution in [1.29, 1.82) is 0 Å². The molecule has 0 aliphatic rings. The first-order valence-electron chi connectivity index (χ1n) is 7.71. The van der Waals surface area contributed by atoms with Gasteiger partial charge in [0, 0.05) is 4.88 Å². The number of hydrogen-bond donors (Lipinski definition) is 2. The van der Waals surface area contributed by atoms with Crippen LogP contribution in [0.25, 0.3) is 10.2 Å². The first kappa shape index (κ1) is 17.5. The molecule has 25 heavy (non-hydrogen) atoms. The smallest absolute Gasteiger partial charge is 0.260 e. The number of rotatable bonds is 6. The van der Waals surface area contributed by atoms with E-state index < -0.39 is 0 Å². The molecule has 2 heterocycles. The molecule has 130 valence electrons. The van der Waals surface area contributed by atoms with Gasteiger partial charge < -0.3 is 15.0 Å². The van der Waals surface area contributed by atoms with Gasteiger partial charge in [-0.25, -0.2) is 4.98 Å². The Hall–Kier alpha value is -2.32. The lowest BCUT2D eigenvalue weighted by Crippen LogP contribution is -2.16. The predicted octanol–water partition coefficient (Wildman–Crippen LogP) is 3.42. The summed E-state index contributed by atoms with van der Waals surface area (Å²) in [6, 6.07) is 9.09. The highest BCUT2D eigenvalue weighted by Gasteiger charge is 2.11. The molecule has 1 aromatic carbocycles. The summed E-state index contributed by atoms with van der Waals surface area (Å²) in [4.78, 5) is 33.1. The Morgan fingerprint density at radius 3 is 3.00 bits per heavy atom. The summed E-state index contributed by atoms with van der Waals surface area (Å²) in [5, 5.41) is 3.84. The Morgan fingerprint density at radius 1 is 1.40 bits per heavy atom. The lowest BCUT2D eigenvalue weighted by Gasteiger charge is -2.10. The number of nitrogens with one attached hydrogen (secondary N) is 2. The van der Waals surface area contributed by atoms with Crippen molar-refractivity contribution in [3.05, 3.63) is 45.6 Å². The summed E-state index contributed by atoms with van der Waals surface area (Å²) in [7, 11) is 0. The van der Waals surface area contributed by atoms with Crippen LogP contribution in [0, 0.1) is 6.92 Å². The van der Waals surface area contributed by atoms with Crippen LogP contribution >= 0.6 is 23.1 Å². The van der Waals surface area contributed by atoms with Gasteiger partial charge in [-0.15, -0.1) is 11.3 Å². The lowest BCUT2D eigenvalue weighted by molar-refractivity contribution is -0.113. The summed E-state index contributed by atoms with van der Waals surface area (Å²) in [6.45, 7) is 4.34. The van der Waals surface area contributed by atoms with E-state index >= 15 is 0 Å². The molecule has 0 saturated heterocycles. The zero-order valence-corrected chi connectivity index (χ0v) is 15.4. The third-order valence-electron chi connectivity index (χ3n) is 3.30. The molecule has 1 amide bonds. The number of carbonyl (C=O) groups excluding carboxylic acids is 1. The van der Waals surface area contributed by atoms with E-state index in [1.807, 2.05) is 32.0 Å². The van der Waals surface area contributed by atoms with Crippen LogP contribution in [-0.4, -0.2) is 28.2 Å². The number of aromatic amines is 1. The fourth-order valence-corrected chi connectivity index (χ4v) is 3.87. The van der Waals surface area contributed by atoms with Crippen LogP contribution in [0.5, 0.6) is 5.75 Å². The second-order valence-corrected chi connectivity index (χ2v) is 7.41. The number of aryl methyl sites for hydroxylation is 1. The number of anilines is 1. The van der Waals surface area contributed by atoms with Crippen molar-refractivity contribution in [2.75, 3.05) is 17.7 Å². The molecule has 0 fully saturated rings. The second kappa shape index (κ2) is 7.71. The number of thioether (sulfide) groups is 1. The lowest BCUT2D eigenvalue weighted by atomic mass is 10.3. The van der Waals surface area contributed by atoms with Crippen molar-refractivity contribution in [1.82, 2.24) is 9.97 Å². The second-order valence-electron chi connectivity index (χ2n) is 5.21. The number of ether oxygens (including phenoxy) is 1. The number of amides is 1. The number of carbonyl (C=O) groups is 1. The summed E-state index contributed by atoms with van der Waals surface area (Å²) in [5.74, 6) is 0.576. The zero-order valence-electron chi connectivity index (χ0n) is 13.8. The monoisotopic (exact) mass is 375 g/mol. The fourth-order valence-electron chi connectivity index (χ4n) is 2.27. The minimum absolute atomic E-state index is 0.138. The van der Waals surface area contributed by atoms with Crippen molar-refractivity contribution in [2.45, 2.75) is 19.0 Å². The van der Waals surface area contributed by atoms with Crippen molar-refractivity contribution < 1.29 is 9.53 Å². The first-order chi connectivity index (χ1) is 12.1. The molecule has 0 aliphatic carbocycles. The van der Waals surface area contributed by atoms with Crippen molar-refractivity contribution >= 4 is 44.9 Å². The molecule has 0 aliphatic heterocycles. The molecule has 0 atom stereocenters. The van der Waals surface area contributed by atoms with E-state index in [2.05, 4.69) is 15.3 Å². The summed E-state index contributed by atoms with van der Waals surface area (Å²) in [5.41, 5.74) is 0.444. The number of nitrogens with zero attached hydrogens (tertiary/aromatic N) is 1. The predicted molar refractivity (Wildman–Crippen MR) is 102 cm³/mol. The highest BCUT2D eigenvalue weighted by atomic mass is 32.2. The number of para-hydroxylation sites is 2. The van der Waals surface area contributed by atoms with Gasteiger partial charge in [0.25, 0.3) is 5.56 Å². The SMILES string of the molecule is CCOc1ccccc1NC(=O)CSc1nc2sc(C)cc2c(=O)[nH]1. The maximum Gasteiger partial charge on any atom is 0.260 e. The van der Waals surface area contributed by atoms with Crippen molar-refractivity contribution in [3.8, 4) is 5.75 Å². The third kappa shape index (κ3) is 4.21. The Labute approximate surface area is 152 Å². The Balaban J connectivity index is 1.67. The van der Waals surface area contributed by atoms with Gasteiger partial charge in [-0.1, -0.05) is 23.9 Å². The minimum atomic E-state index is -0.192. The number of fused-ring (bicyclic) bond motifs is 1. The van der Waals surface area contributed by atoms with E-state index in [0.717, 1.165) is 4.88 Å². The van der Waals surface area contributed by atoms with Gasteiger partial charge >= 0.3 is 0 Å². The van der Waals surface area contributed by atoms with Crippen LogP contribution in [0.2, 0.25) is 0 Å². The van der Waals surface area contributed by atoms with E-state index in [1.165, 1.54) is 23.1 Å². The molecule has 2 N–H and O–H groups in total. The highest BCUT2D eigenvalue weighted by Crippen LogP contribution is 2.25. The van der Waals surface area contributed by atoms with Crippen LogP contribution in [0.1, 0.15) is 11.8 Å². The molecule has 2 aromatic heterocycles. The standard InChI is InChI=1S/C17H17N3O3S2/c1-3-23-13-7-5-4-6-12(13)18-14(21)9-24-17-19-15(22)11-8-10(2)25-16(11)20-17/h4-8H,3,9H2,1-2H3,(H,18,21)(H,19,20,22). The maximum atomic E-state index is 12.2. The molecule has 0 unspecified atom stereocenters. The molecule has 3 aromatic rings. The van der Waals surface area contributed by atoms with Gasteiger partial charge in [0.1, 0.15) is 10.6 Å². The number of hydrogen-bond acceptors (Lipinski definition) is 6. The average molecular weight is 375 g/mol. The topological polar surface area (TPSA) is 84.1 Å². The van der Waals surface area contributed by atoms with Crippen molar-refractivity contribution in [3.63, 3.8) is 0 Å². The molecule has 0 saturated carbocycles. The molecular weight excluding hydrogens is 358 g/mol. The molecule has 0 bridgehead atoms. The van der Waals surface area contributed by atoms with Crippen molar-refractivity contribution in [2.24, 2.45) is 0 Å². The molecule has 8 heteroatoms. The van der Waals surface area contributed by atoms with Gasteiger partial charge in [-0.05, 0) is 32.0 Å². The summed E-state index contributed by atoms with van der Waals surface area (Å²) < 4.78 is 5.49. The highest BCUT2D eigenvalue weighted by molar-refractivity contribution is 7.99. The van der Waals surface area contributed by atoms with Crippen LogP contribution in [0.3, 0.4) is 0 Å². The Bertz CT molecular complexity index is 965. The van der Waals surface area contributed by atoms with Gasteiger partial charge in [-0.3, -0.25) is 9.59 Å². The van der Waals surface area contributed by atoms with Crippen LogP contribution in [0.4, 0.5) is 5.69 Å². The number of aromatic nitrogens is 2. The fraction of sp³-hybridized carbons (Fsp3) is 0.235. The van der Waals surface area contributed by atoms with Crippen LogP contribution < -0.4 is 15.6 Å². The molecule has 6 nitrogen and oxygen atoms in total. The average Bonchev–Trinajstić information content (AvgIpc) is 2.96. The van der Waals surface area contributed by atoms with E-state index in [9.17, 15) is 9.59 Å². The largest absolute Gasteiger partial charge is 0.492 e. The van der Waals surface area contributed by atoms with Crippen LogP contribution in [0.15, 0.2) is 40.3 Å². The number of benzene rings is 1. The minimum Gasteiger partial charge on any atom is -0.492 e. The first-order valence-corrected chi connectivity index (χ1v) is 9.52. The van der Waals surface area contributed by atoms with E-state index in [4.69, 9.17) is 4.74 Å².